The number of aromatic nitrogens is 3. The van der Waals surface area contributed by atoms with Crippen LogP contribution >= 0.6 is 0 Å². The van der Waals surface area contributed by atoms with E-state index in [-0.39, 0.29) is 6.04 Å². The van der Waals surface area contributed by atoms with E-state index in [0.29, 0.717) is 24.7 Å². The summed E-state index contributed by atoms with van der Waals surface area (Å²) < 4.78 is 10.5. The van der Waals surface area contributed by atoms with Gasteiger partial charge in [-0.15, -0.1) is 0 Å². The maximum atomic E-state index is 5.31. The van der Waals surface area contributed by atoms with Crippen molar-refractivity contribution in [3.05, 3.63) is 29.9 Å². The van der Waals surface area contributed by atoms with Crippen LogP contribution in [0.1, 0.15) is 18.4 Å². The third kappa shape index (κ3) is 3.61. The van der Waals surface area contributed by atoms with Crippen molar-refractivity contribution in [2.45, 2.75) is 26.3 Å². The third-order valence-electron chi connectivity index (χ3n) is 3.03. The number of nitrogens with zero attached hydrogens (tertiary/aromatic N) is 3. The fourth-order valence-electron chi connectivity index (χ4n) is 2.04. The molecule has 0 amide bonds. The largest absolute Gasteiger partial charge is 0.383 e. The van der Waals surface area contributed by atoms with Crippen LogP contribution in [-0.4, -0.2) is 41.4 Å². The first-order valence-corrected chi connectivity index (χ1v) is 6.70. The molecule has 1 N–H and O–H groups in total. The number of nitrogens with one attached hydrogen (secondary N) is 1. The van der Waals surface area contributed by atoms with Gasteiger partial charge >= 0.3 is 0 Å². The summed E-state index contributed by atoms with van der Waals surface area (Å²) in [6.07, 6.45) is 4.15. The van der Waals surface area contributed by atoms with E-state index in [1.807, 2.05) is 13.0 Å². The average molecular weight is 276 g/mol. The zero-order valence-electron chi connectivity index (χ0n) is 12.1. The van der Waals surface area contributed by atoms with Crippen molar-refractivity contribution in [3.63, 3.8) is 0 Å². The lowest BCUT2D eigenvalue weighted by molar-refractivity contribution is 0.162. The smallest absolute Gasteiger partial charge is 0.228 e. The molecular weight excluding hydrogens is 256 g/mol. The Balaban J connectivity index is 2.10. The quantitative estimate of drug-likeness (QED) is 0.828. The molecule has 20 heavy (non-hydrogen) atoms. The molecule has 0 spiro atoms. The highest BCUT2D eigenvalue weighted by Crippen LogP contribution is 2.19. The summed E-state index contributed by atoms with van der Waals surface area (Å²) in [5.74, 6) is 1.18. The van der Waals surface area contributed by atoms with Gasteiger partial charge in [0.25, 0.3) is 0 Å². The maximum Gasteiger partial charge on any atom is 0.228 e. The van der Waals surface area contributed by atoms with Crippen LogP contribution in [0.5, 0.6) is 0 Å². The van der Waals surface area contributed by atoms with Gasteiger partial charge in [-0.3, -0.25) is 4.98 Å². The molecule has 0 bridgehead atoms. The van der Waals surface area contributed by atoms with Crippen LogP contribution in [0.15, 0.2) is 23.0 Å². The lowest BCUT2D eigenvalue weighted by atomic mass is 10.1. The molecule has 0 saturated heterocycles. The molecule has 6 nitrogen and oxygen atoms in total. The Morgan fingerprint density at radius 2 is 2.30 bits per heavy atom. The van der Waals surface area contributed by atoms with Crippen molar-refractivity contribution in [1.82, 2.24) is 20.4 Å². The highest BCUT2D eigenvalue weighted by Gasteiger charge is 2.15. The fraction of sp³-hybridized carbons (Fsp3) is 0.500. The average Bonchev–Trinajstić information content (AvgIpc) is 2.88. The third-order valence-corrected chi connectivity index (χ3v) is 3.03. The summed E-state index contributed by atoms with van der Waals surface area (Å²) in [5, 5.41) is 7.35. The molecule has 2 heterocycles. The molecule has 2 aromatic rings. The Hall–Kier alpha value is -1.79. The Bertz CT molecular complexity index is 535. The lowest BCUT2D eigenvalue weighted by Gasteiger charge is -2.14. The molecule has 1 unspecified atom stereocenters. The molecule has 6 heteroatoms. The molecular formula is C14H20N4O2. The second-order valence-corrected chi connectivity index (χ2v) is 4.62. The Kier molecular flexibility index (Phi) is 5.20. The lowest BCUT2D eigenvalue weighted by Crippen LogP contribution is -2.35. The predicted molar refractivity (Wildman–Crippen MR) is 75.3 cm³/mol. The summed E-state index contributed by atoms with van der Waals surface area (Å²) in [7, 11) is 1.68. The van der Waals surface area contributed by atoms with Gasteiger partial charge < -0.3 is 14.6 Å². The topological polar surface area (TPSA) is 73.1 Å². The van der Waals surface area contributed by atoms with Crippen LogP contribution in [0.2, 0.25) is 0 Å². The molecule has 0 fully saturated rings. The first-order valence-electron chi connectivity index (χ1n) is 6.70. The molecule has 0 aliphatic heterocycles. The number of pyridine rings is 1. The zero-order valence-corrected chi connectivity index (χ0v) is 12.1. The van der Waals surface area contributed by atoms with Gasteiger partial charge in [-0.2, -0.15) is 4.98 Å². The van der Waals surface area contributed by atoms with E-state index < -0.39 is 0 Å². The summed E-state index contributed by atoms with van der Waals surface area (Å²) in [4.78, 5) is 8.53. The number of likely N-dealkylation sites (N-methyl/N-ethyl adjacent to an activating group) is 1. The second-order valence-electron chi connectivity index (χ2n) is 4.62. The van der Waals surface area contributed by atoms with E-state index in [0.717, 1.165) is 17.7 Å². The predicted octanol–water partition coefficient (Wildman–Crippen LogP) is 1.61. The van der Waals surface area contributed by atoms with Crippen LogP contribution < -0.4 is 5.32 Å². The van der Waals surface area contributed by atoms with Crippen molar-refractivity contribution in [2.24, 2.45) is 0 Å². The van der Waals surface area contributed by atoms with Gasteiger partial charge in [0.05, 0.1) is 6.61 Å². The summed E-state index contributed by atoms with van der Waals surface area (Å²) in [6.45, 7) is 5.54. The monoisotopic (exact) mass is 276 g/mol. The Morgan fingerprint density at radius 1 is 1.45 bits per heavy atom. The SMILES string of the molecule is CCNC(COC)Cc1nc(-c2cnccc2C)no1. The first kappa shape index (κ1) is 14.6. The highest BCUT2D eigenvalue weighted by atomic mass is 16.5. The van der Waals surface area contributed by atoms with Gasteiger partial charge in [-0.05, 0) is 25.1 Å². The standard InChI is InChI=1S/C14H20N4O2/c1-4-16-11(9-19-3)7-13-17-14(18-20-13)12-8-15-6-5-10(12)2/h5-6,8,11,16H,4,7,9H2,1-3H3. The van der Waals surface area contributed by atoms with Crippen LogP contribution in [0, 0.1) is 6.92 Å². The molecule has 0 aromatic carbocycles. The number of hydrogen-bond acceptors (Lipinski definition) is 6. The number of hydrogen-bond donors (Lipinski definition) is 1. The van der Waals surface area contributed by atoms with Gasteiger partial charge in [0, 0.05) is 37.5 Å². The number of ether oxygens (including phenoxy) is 1. The molecule has 108 valence electrons. The normalized spacial score (nSPS) is 12.6. The van der Waals surface area contributed by atoms with Gasteiger partial charge in [0.2, 0.25) is 11.7 Å². The van der Waals surface area contributed by atoms with Crippen molar-refractivity contribution in [1.29, 1.82) is 0 Å². The van der Waals surface area contributed by atoms with Gasteiger partial charge in [-0.1, -0.05) is 12.1 Å². The van der Waals surface area contributed by atoms with E-state index >= 15 is 0 Å². The van der Waals surface area contributed by atoms with E-state index in [4.69, 9.17) is 9.26 Å². The van der Waals surface area contributed by atoms with E-state index in [1.165, 1.54) is 0 Å². The van der Waals surface area contributed by atoms with E-state index in [9.17, 15) is 0 Å². The summed E-state index contributed by atoms with van der Waals surface area (Å²) >= 11 is 0. The summed E-state index contributed by atoms with van der Waals surface area (Å²) in [6, 6.07) is 2.10. The fourth-order valence-corrected chi connectivity index (χ4v) is 2.04. The first-order chi connectivity index (χ1) is 9.74. The minimum atomic E-state index is 0.174. The molecule has 2 aromatic heterocycles. The molecule has 2 rings (SSSR count). The van der Waals surface area contributed by atoms with Crippen LogP contribution in [0.4, 0.5) is 0 Å². The Morgan fingerprint density at radius 3 is 3.00 bits per heavy atom. The molecule has 0 aliphatic carbocycles. The molecule has 0 radical (unpaired) electrons. The minimum Gasteiger partial charge on any atom is -0.383 e. The zero-order chi connectivity index (χ0) is 14.4. The second kappa shape index (κ2) is 7.12. The van der Waals surface area contributed by atoms with Crippen LogP contribution in [0.3, 0.4) is 0 Å². The number of aryl methyl sites for hydroxylation is 1. The van der Waals surface area contributed by atoms with Crippen molar-refractivity contribution in [3.8, 4) is 11.4 Å². The highest BCUT2D eigenvalue weighted by molar-refractivity contribution is 5.57. The maximum absolute atomic E-state index is 5.31. The van der Waals surface area contributed by atoms with Crippen LogP contribution in [-0.2, 0) is 11.2 Å². The molecule has 1 atom stereocenters. The van der Waals surface area contributed by atoms with Gasteiger partial charge in [0.15, 0.2) is 0 Å². The number of methoxy groups -OCH3 is 1. The van der Waals surface area contributed by atoms with Crippen molar-refractivity contribution in [2.75, 3.05) is 20.3 Å². The van der Waals surface area contributed by atoms with E-state index in [1.54, 1.807) is 19.5 Å². The number of rotatable bonds is 7. The van der Waals surface area contributed by atoms with E-state index in [2.05, 4.69) is 27.4 Å². The van der Waals surface area contributed by atoms with Crippen molar-refractivity contribution < 1.29 is 9.26 Å². The molecule has 0 saturated carbocycles. The van der Waals surface area contributed by atoms with Crippen molar-refractivity contribution >= 4 is 0 Å². The Labute approximate surface area is 118 Å². The molecule has 0 aliphatic rings. The van der Waals surface area contributed by atoms with Gasteiger partial charge in [-0.25, -0.2) is 0 Å². The van der Waals surface area contributed by atoms with Crippen LogP contribution in [0.25, 0.3) is 11.4 Å². The minimum absolute atomic E-state index is 0.174. The van der Waals surface area contributed by atoms with Gasteiger partial charge in [0.1, 0.15) is 0 Å². The summed E-state index contributed by atoms with van der Waals surface area (Å²) in [5.41, 5.74) is 1.97.